The van der Waals surface area contributed by atoms with E-state index in [0.29, 0.717) is 17.2 Å². The smallest absolute Gasteiger partial charge is 0.269 e. The average Bonchev–Trinajstić information content (AvgIpc) is 3.23. The van der Waals surface area contributed by atoms with Gasteiger partial charge < -0.3 is 15.4 Å². The van der Waals surface area contributed by atoms with Gasteiger partial charge in [-0.15, -0.1) is 11.3 Å². The predicted octanol–water partition coefficient (Wildman–Crippen LogP) is 5.41. The lowest BCUT2D eigenvalue weighted by Gasteiger charge is -2.08. The Hall–Kier alpha value is -3.97. The molecule has 4 aromatic rings. The molecular formula is C25H21N3O3S. The van der Waals surface area contributed by atoms with Crippen LogP contribution in [0.1, 0.15) is 20.9 Å². The van der Waals surface area contributed by atoms with Gasteiger partial charge in [-0.3, -0.25) is 14.6 Å². The van der Waals surface area contributed by atoms with Crippen LogP contribution in [0.3, 0.4) is 0 Å². The standard InChI is InChI=1S/C25H21N3O3S/c1-16-4-3-5-23-21(16)15-20(32-23)10-11-24(29)28-17-6-8-18(9-7-17)31-19-12-13-27-22(14-19)25(30)26-2/h3-15H,1-2H3,(H,26,30)(H,28,29)/b11-10+. The molecule has 7 heteroatoms. The molecule has 0 aliphatic rings. The van der Waals surface area contributed by atoms with Crippen LogP contribution in [0.4, 0.5) is 5.69 Å². The number of carbonyl (C=O) groups excluding carboxylic acids is 2. The second-order valence-electron chi connectivity index (χ2n) is 7.04. The molecule has 0 unspecified atom stereocenters. The first-order valence-corrected chi connectivity index (χ1v) is 10.8. The number of thiophene rings is 1. The fourth-order valence-corrected chi connectivity index (χ4v) is 4.16. The van der Waals surface area contributed by atoms with E-state index in [2.05, 4.69) is 40.7 Å². The Labute approximate surface area is 189 Å². The van der Waals surface area contributed by atoms with Gasteiger partial charge in [0.2, 0.25) is 5.91 Å². The number of hydrogen-bond donors (Lipinski definition) is 2. The number of nitrogens with one attached hydrogen (secondary N) is 2. The number of fused-ring (bicyclic) bond motifs is 1. The number of pyridine rings is 1. The van der Waals surface area contributed by atoms with Gasteiger partial charge in [-0.05, 0) is 66.4 Å². The van der Waals surface area contributed by atoms with Crippen molar-refractivity contribution >= 4 is 45.0 Å². The second-order valence-corrected chi connectivity index (χ2v) is 8.16. The zero-order valence-electron chi connectivity index (χ0n) is 17.6. The summed E-state index contributed by atoms with van der Waals surface area (Å²) in [4.78, 5) is 29.0. The molecule has 160 valence electrons. The minimum absolute atomic E-state index is 0.211. The molecule has 0 atom stereocenters. The molecule has 2 aromatic carbocycles. The molecular weight excluding hydrogens is 422 g/mol. The Morgan fingerprint density at radius 3 is 2.59 bits per heavy atom. The van der Waals surface area contributed by atoms with Gasteiger partial charge in [0.25, 0.3) is 5.91 Å². The number of carbonyl (C=O) groups is 2. The quantitative estimate of drug-likeness (QED) is 0.391. The van der Waals surface area contributed by atoms with Crippen LogP contribution in [-0.2, 0) is 4.79 Å². The van der Waals surface area contributed by atoms with Crippen molar-refractivity contribution in [3.05, 3.63) is 89.1 Å². The molecule has 0 spiro atoms. The third-order valence-corrected chi connectivity index (χ3v) is 5.81. The molecule has 32 heavy (non-hydrogen) atoms. The van der Waals surface area contributed by atoms with Crippen molar-refractivity contribution < 1.29 is 14.3 Å². The van der Waals surface area contributed by atoms with E-state index in [1.54, 1.807) is 54.8 Å². The number of amides is 2. The van der Waals surface area contributed by atoms with Gasteiger partial charge in [0.1, 0.15) is 17.2 Å². The van der Waals surface area contributed by atoms with Crippen molar-refractivity contribution in [1.29, 1.82) is 0 Å². The van der Waals surface area contributed by atoms with E-state index in [1.807, 2.05) is 12.1 Å². The largest absolute Gasteiger partial charge is 0.457 e. The highest BCUT2D eigenvalue weighted by Gasteiger charge is 2.07. The van der Waals surface area contributed by atoms with E-state index < -0.39 is 0 Å². The van der Waals surface area contributed by atoms with Crippen LogP contribution in [0.15, 0.2) is 72.9 Å². The predicted molar refractivity (Wildman–Crippen MR) is 128 cm³/mol. The third-order valence-electron chi connectivity index (χ3n) is 4.75. The average molecular weight is 444 g/mol. The van der Waals surface area contributed by atoms with E-state index in [9.17, 15) is 9.59 Å². The van der Waals surface area contributed by atoms with Crippen molar-refractivity contribution in [1.82, 2.24) is 10.3 Å². The van der Waals surface area contributed by atoms with Gasteiger partial charge in [0.15, 0.2) is 0 Å². The Morgan fingerprint density at radius 1 is 1.03 bits per heavy atom. The van der Waals surface area contributed by atoms with Crippen LogP contribution >= 0.6 is 11.3 Å². The maximum Gasteiger partial charge on any atom is 0.269 e. The molecule has 4 rings (SSSR count). The molecule has 6 nitrogen and oxygen atoms in total. The van der Waals surface area contributed by atoms with Crippen molar-refractivity contribution in [3.63, 3.8) is 0 Å². The van der Waals surface area contributed by atoms with Gasteiger partial charge in [-0.2, -0.15) is 0 Å². The van der Waals surface area contributed by atoms with Crippen LogP contribution in [0.25, 0.3) is 16.2 Å². The van der Waals surface area contributed by atoms with Gasteiger partial charge in [-0.25, -0.2) is 0 Å². The lowest BCUT2D eigenvalue weighted by molar-refractivity contribution is -0.111. The molecule has 0 fully saturated rings. The second kappa shape index (κ2) is 9.45. The number of benzene rings is 2. The number of rotatable bonds is 6. The molecule has 0 bridgehead atoms. The summed E-state index contributed by atoms with van der Waals surface area (Å²) < 4.78 is 6.98. The fourth-order valence-electron chi connectivity index (χ4n) is 3.12. The molecule has 2 amide bonds. The first kappa shape index (κ1) is 21.3. The number of aromatic nitrogens is 1. The summed E-state index contributed by atoms with van der Waals surface area (Å²) in [6.07, 6.45) is 4.87. The molecule has 0 saturated heterocycles. The first-order chi connectivity index (χ1) is 15.5. The minimum atomic E-state index is -0.285. The molecule has 2 N–H and O–H groups in total. The Balaban J connectivity index is 1.37. The highest BCUT2D eigenvalue weighted by atomic mass is 32.1. The molecule has 0 radical (unpaired) electrons. The van der Waals surface area contributed by atoms with Crippen molar-refractivity contribution in [2.45, 2.75) is 6.92 Å². The van der Waals surface area contributed by atoms with Crippen LogP contribution in [-0.4, -0.2) is 23.8 Å². The summed E-state index contributed by atoms with van der Waals surface area (Å²) in [6.45, 7) is 2.08. The summed E-state index contributed by atoms with van der Waals surface area (Å²) in [6, 6.07) is 18.5. The summed E-state index contributed by atoms with van der Waals surface area (Å²) in [7, 11) is 1.54. The van der Waals surface area contributed by atoms with E-state index in [1.165, 1.54) is 27.9 Å². The summed E-state index contributed by atoms with van der Waals surface area (Å²) in [5.41, 5.74) is 2.15. The molecule has 0 aliphatic heterocycles. The maximum absolute atomic E-state index is 12.3. The lowest BCUT2D eigenvalue weighted by atomic mass is 10.1. The van der Waals surface area contributed by atoms with E-state index in [0.717, 1.165) is 4.88 Å². The third kappa shape index (κ3) is 5.01. The fraction of sp³-hybridized carbons (Fsp3) is 0.0800. The maximum atomic E-state index is 12.3. The SMILES string of the molecule is CNC(=O)c1cc(Oc2ccc(NC(=O)/C=C/c3cc4c(C)cccc4s3)cc2)ccn1. The van der Waals surface area contributed by atoms with Crippen molar-refractivity contribution in [3.8, 4) is 11.5 Å². The zero-order valence-corrected chi connectivity index (χ0v) is 18.4. The van der Waals surface area contributed by atoms with Crippen molar-refractivity contribution in [2.24, 2.45) is 0 Å². The number of aryl methyl sites for hydroxylation is 1. The topological polar surface area (TPSA) is 80.3 Å². The van der Waals surface area contributed by atoms with Gasteiger partial charge >= 0.3 is 0 Å². The number of anilines is 1. The Morgan fingerprint density at radius 2 is 1.84 bits per heavy atom. The van der Waals surface area contributed by atoms with Crippen LogP contribution < -0.4 is 15.4 Å². The summed E-state index contributed by atoms with van der Waals surface area (Å²) in [5, 5.41) is 6.58. The summed E-state index contributed by atoms with van der Waals surface area (Å²) in [5.74, 6) is 0.578. The van der Waals surface area contributed by atoms with E-state index in [4.69, 9.17) is 4.74 Å². The van der Waals surface area contributed by atoms with Gasteiger partial charge in [-0.1, -0.05) is 12.1 Å². The first-order valence-electron chi connectivity index (χ1n) is 9.96. The van der Waals surface area contributed by atoms with Crippen LogP contribution in [0, 0.1) is 6.92 Å². The van der Waals surface area contributed by atoms with Crippen LogP contribution in [0.2, 0.25) is 0 Å². The number of ether oxygens (including phenoxy) is 1. The molecule has 0 saturated carbocycles. The highest BCUT2D eigenvalue weighted by molar-refractivity contribution is 7.19. The summed E-state index contributed by atoms with van der Waals surface area (Å²) >= 11 is 1.65. The zero-order chi connectivity index (χ0) is 22.5. The van der Waals surface area contributed by atoms with Crippen LogP contribution in [0.5, 0.6) is 11.5 Å². The van der Waals surface area contributed by atoms with Gasteiger partial charge in [0.05, 0.1) is 0 Å². The minimum Gasteiger partial charge on any atom is -0.457 e. The number of nitrogens with zero attached hydrogens (tertiary/aromatic N) is 1. The molecule has 0 aliphatic carbocycles. The number of hydrogen-bond acceptors (Lipinski definition) is 5. The van der Waals surface area contributed by atoms with Crippen molar-refractivity contribution in [2.75, 3.05) is 12.4 Å². The molecule has 2 heterocycles. The highest BCUT2D eigenvalue weighted by Crippen LogP contribution is 2.29. The normalized spacial score (nSPS) is 10.9. The van der Waals surface area contributed by atoms with E-state index >= 15 is 0 Å². The van der Waals surface area contributed by atoms with E-state index in [-0.39, 0.29) is 17.5 Å². The monoisotopic (exact) mass is 443 g/mol. The van der Waals surface area contributed by atoms with Gasteiger partial charge in [0, 0.05) is 40.7 Å². The molecule has 2 aromatic heterocycles. The Bertz CT molecular complexity index is 1310. The Kier molecular flexibility index (Phi) is 6.28. The lowest BCUT2D eigenvalue weighted by Crippen LogP contribution is -2.18.